The van der Waals surface area contributed by atoms with Crippen LogP contribution in [0.25, 0.3) is 21.9 Å². The molecule has 1 aliphatic heterocycles. The first-order valence-corrected chi connectivity index (χ1v) is 16.2. The molecule has 0 bridgehead atoms. The zero-order chi connectivity index (χ0) is 26.1. The average molecular weight is 531 g/mol. The third-order valence-electron chi connectivity index (χ3n) is 7.60. The molecule has 196 valence electrons. The molecule has 1 aromatic carbocycles. The summed E-state index contributed by atoms with van der Waals surface area (Å²) in [4.78, 5) is 22.4. The number of benzene rings is 1. The van der Waals surface area contributed by atoms with Crippen LogP contribution in [0.5, 0.6) is 0 Å². The summed E-state index contributed by atoms with van der Waals surface area (Å²) < 4.78 is 14.3. The van der Waals surface area contributed by atoms with E-state index in [1.807, 2.05) is 18.2 Å². The number of ether oxygens (including phenoxy) is 1. The topological polar surface area (TPSA) is 78.3 Å². The Morgan fingerprint density at radius 1 is 1.31 bits per heavy atom. The summed E-state index contributed by atoms with van der Waals surface area (Å²) in [6.45, 7) is 15.2. The Hall–Kier alpha value is -2.00. The van der Waals surface area contributed by atoms with Crippen molar-refractivity contribution in [3.05, 3.63) is 35.2 Å². The second kappa shape index (κ2) is 10.8. The van der Waals surface area contributed by atoms with Crippen molar-refractivity contribution in [3.8, 4) is 0 Å². The molecule has 0 unspecified atom stereocenters. The molecular weight excluding hydrogens is 492 g/mol. The number of pyridine rings is 1. The standard InChI is InChI=1S/C27H39ClN4O3Si/c1-18-14-20(10-13-34-18)32-24(16-25(33)29-11-7-12-35-36(5,6)27(2,3)4)31-23-17-30-22-9-8-19(28)15-21(22)26(23)32/h8-9,15,17-18,20H,7,10-14,16H2,1-6H3,(H,29,33)/t18-,20-/m1/s1. The summed E-state index contributed by atoms with van der Waals surface area (Å²) >= 11 is 6.36. The van der Waals surface area contributed by atoms with Crippen molar-refractivity contribution in [1.82, 2.24) is 19.9 Å². The molecule has 0 radical (unpaired) electrons. The van der Waals surface area contributed by atoms with Gasteiger partial charge in [0.05, 0.1) is 29.8 Å². The van der Waals surface area contributed by atoms with Crippen molar-refractivity contribution in [1.29, 1.82) is 0 Å². The van der Waals surface area contributed by atoms with Crippen LogP contribution in [-0.4, -0.2) is 54.6 Å². The molecule has 0 aliphatic carbocycles. The maximum Gasteiger partial charge on any atom is 0.227 e. The fourth-order valence-corrected chi connectivity index (χ4v) is 5.83. The minimum absolute atomic E-state index is 0.0331. The van der Waals surface area contributed by atoms with Gasteiger partial charge in [-0.1, -0.05) is 32.4 Å². The Balaban J connectivity index is 1.52. The highest BCUT2D eigenvalue weighted by atomic mass is 35.5. The van der Waals surface area contributed by atoms with Crippen molar-refractivity contribution in [2.45, 2.75) is 83.7 Å². The van der Waals surface area contributed by atoms with Crippen molar-refractivity contribution in [2.24, 2.45) is 0 Å². The molecule has 1 amide bonds. The zero-order valence-corrected chi connectivity index (χ0v) is 24.1. The molecule has 3 aromatic rings. The second-order valence-electron chi connectivity index (χ2n) is 11.4. The Morgan fingerprint density at radius 2 is 2.08 bits per heavy atom. The van der Waals surface area contributed by atoms with Gasteiger partial charge in [-0.2, -0.15) is 0 Å². The number of hydrogen-bond acceptors (Lipinski definition) is 5. The van der Waals surface area contributed by atoms with Gasteiger partial charge in [-0.3, -0.25) is 9.78 Å². The molecule has 1 aliphatic rings. The van der Waals surface area contributed by atoms with Crippen molar-refractivity contribution < 1.29 is 14.0 Å². The van der Waals surface area contributed by atoms with E-state index in [2.05, 4.69) is 55.7 Å². The minimum Gasteiger partial charge on any atom is -0.417 e. The fraction of sp³-hybridized carbons (Fsp3) is 0.593. The van der Waals surface area contributed by atoms with Crippen molar-refractivity contribution >= 4 is 47.8 Å². The van der Waals surface area contributed by atoms with Gasteiger partial charge in [-0.15, -0.1) is 0 Å². The summed E-state index contributed by atoms with van der Waals surface area (Å²) in [5.74, 6) is 0.725. The van der Waals surface area contributed by atoms with E-state index in [4.69, 9.17) is 25.7 Å². The summed E-state index contributed by atoms with van der Waals surface area (Å²) in [6.07, 6.45) is 4.70. The first kappa shape index (κ1) is 27.0. The van der Waals surface area contributed by atoms with Crippen LogP contribution in [0.1, 0.15) is 58.8 Å². The van der Waals surface area contributed by atoms with E-state index in [1.54, 1.807) is 6.20 Å². The highest BCUT2D eigenvalue weighted by Crippen LogP contribution is 2.37. The van der Waals surface area contributed by atoms with Crippen LogP contribution >= 0.6 is 11.6 Å². The van der Waals surface area contributed by atoms with Gasteiger partial charge >= 0.3 is 0 Å². The Kier molecular flexibility index (Phi) is 8.09. The molecule has 3 heterocycles. The predicted octanol–water partition coefficient (Wildman–Crippen LogP) is 6.05. The summed E-state index contributed by atoms with van der Waals surface area (Å²) in [6, 6.07) is 5.92. The number of nitrogens with one attached hydrogen (secondary N) is 1. The normalized spacial score (nSPS) is 19.2. The number of rotatable bonds is 8. The number of imidazole rings is 1. The second-order valence-corrected chi connectivity index (χ2v) is 16.6. The largest absolute Gasteiger partial charge is 0.417 e. The number of aromatic nitrogens is 3. The molecule has 2 aromatic heterocycles. The van der Waals surface area contributed by atoms with E-state index < -0.39 is 8.32 Å². The summed E-state index contributed by atoms with van der Waals surface area (Å²) in [7, 11) is -1.77. The highest BCUT2D eigenvalue weighted by molar-refractivity contribution is 6.74. The number of nitrogens with zero attached hydrogens (tertiary/aromatic N) is 3. The first-order chi connectivity index (χ1) is 17.0. The Bertz CT molecular complexity index is 1240. The molecule has 36 heavy (non-hydrogen) atoms. The van der Waals surface area contributed by atoms with E-state index >= 15 is 0 Å². The summed E-state index contributed by atoms with van der Waals surface area (Å²) in [5.41, 5.74) is 2.65. The Labute approximate surface area is 220 Å². The number of halogens is 1. The van der Waals surface area contributed by atoms with Gasteiger partial charge in [0.15, 0.2) is 8.32 Å². The number of carbonyl (C=O) groups is 1. The molecule has 7 nitrogen and oxygen atoms in total. The average Bonchev–Trinajstić information content (AvgIpc) is 3.16. The van der Waals surface area contributed by atoms with Gasteiger partial charge in [0.1, 0.15) is 11.3 Å². The number of hydrogen-bond donors (Lipinski definition) is 1. The molecule has 2 atom stereocenters. The van der Waals surface area contributed by atoms with Gasteiger partial charge in [-0.25, -0.2) is 4.98 Å². The molecular formula is C27H39ClN4O3Si. The zero-order valence-electron chi connectivity index (χ0n) is 22.4. The van der Waals surface area contributed by atoms with E-state index in [0.29, 0.717) is 24.8 Å². The maximum atomic E-state index is 13.0. The van der Waals surface area contributed by atoms with E-state index in [-0.39, 0.29) is 29.5 Å². The molecule has 1 N–H and O–H groups in total. The molecule has 9 heteroatoms. The first-order valence-electron chi connectivity index (χ1n) is 12.9. The number of carbonyl (C=O) groups excluding carboxylic acids is 1. The minimum atomic E-state index is -1.77. The number of fused-ring (bicyclic) bond motifs is 3. The molecule has 1 fully saturated rings. The third kappa shape index (κ3) is 5.93. The highest BCUT2D eigenvalue weighted by Gasteiger charge is 2.36. The van der Waals surface area contributed by atoms with Gasteiger partial charge < -0.3 is 19.0 Å². The predicted molar refractivity (Wildman–Crippen MR) is 148 cm³/mol. The summed E-state index contributed by atoms with van der Waals surface area (Å²) in [5, 5.41) is 4.86. The smallest absolute Gasteiger partial charge is 0.227 e. The lowest BCUT2D eigenvalue weighted by atomic mass is 10.0. The monoisotopic (exact) mass is 530 g/mol. The number of amides is 1. The van der Waals surface area contributed by atoms with E-state index in [1.165, 1.54) is 0 Å². The van der Waals surface area contributed by atoms with Crippen LogP contribution in [0.15, 0.2) is 24.4 Å². The SMILES string of the molecule is C[C@@H]1C[C@H](n2c(CC(=O)NCCCO[Si](C)(C)C(C)(C)C)nc3cnc4ccc(Cl)cc4c32)CCO1. The van der Waals surface area contributed by atoms with Crippen LogP contribution in [0.2, 0.25) is 23.2 Å². The molecule has 0 spiro atoms. The van der Waals surface area contributed by atoms with Gasteiger partial charge in [0.2, 0.25) is 5.91 Å². The van der Waals surface area contributed by atoms with Gasteiger partial charge in [-0.05, 0) is 62.5 Å². The third-order valence-corrected chi connectivity index (χ3v) is 12.4. The molecule has 4 rings (SSSR count). The van der Waals surface area contributed by atoms with Crippen LogP contribution < -0.4 is 5.32 Å². The lowest BCUT2D eigenvalue weighted by Gasteiger charge is -2.36. The van der Waals surface area contributed by atoms with Gasteiger partial charge in [0, 0.05) is 36.2 Å². The lowest BCUT2D eigenvalue weighted by Crippen LogP contribution is -2.41. The maximum absolute atomic E-state index is 13.0. The van der Waals surface area contributed by atoms with Crippen LogP contribution in [0, 0.1) is 0 Å². The van der Waals surface area contributed by atoms with Crippen LogP contribution in [0.4, 0.5) is 0 Å². The Morgan fingerprint density at radius 3 is 2.81 bits per heavy atom. The lowest BCUT2D eigenvalue weighted by molar-refractivity contribution is -0.120. The molecule has 1 saturated heterocycles. The van der Waals surface area contributed by atoms with Crippen LogP contribution in [-0.2, 0) is 20.4 Å². The van der Waals surface area contributed by atoms with Crippen molar-refractivity contribution in [2.75, 3.05) is 19.8 Å². The van der Waals surface area contributed by atoms with E-state index in [0.717, 1.165) is 47.0 Å². The van der Waals surface area contributed by atoms with Crippen molar-refractivity contribution in [3.63, 3.8) is 0 Å². The van der Waals surface area contributed by atoms with Crippen LogP contribution in [0.3, 0.4) is 0 Å². The fourth-order valence-electron chi connectivity index (χ4n) is 4.57. The quantitative estimate of drug-likeness (QED) is 0.283. The van der Waals surface area contributed by atoms with E-state index in [9.17, 15) is 4.79 Å². The molecule has 0 saturated carbocycles. The van der Waals surface area contributed by atoms with Gasteiger partial charge in [0.25, 0.3) is 0 Å².